The van der Waals surface area contributed by atoms with Crippen LogP contribution >= 0.6 is 41.4 Å². The second kappa shape index (κ2) is 6.18. The molecule has 1 rings (SSSR count). The minimum absolute atomic E-state index is 0.303. The van der Waals surface area contributed by atoms with Gasteiger partial charge in [-0.3, -0.25) is 4.52 Å². The van der Waals surface area contributed by atoms with Crippen molar-refractivity contribution in [2.24, 2.45) is 0 Å². The SMILES string of the molecule is CCSP(=O)(OC)Oc1ccc(Cl)cc1Cl. The molecule has 0 aromatic heterocycles. The molecule has 90 valence electrons. The molecular formula is C9H11Cl2O3PS. The molecule has 0 bridgehead atoms. The van der Waals surface area contributed by atoms with Crippen LogP contribution in [0.1, 0.15) is 6.92 Å². The second-order valence-corrected chi connectivity index (χ2v) is 7.95. The molecule has 0 spiro atoms. The van der Waals surface area contributed by atoms with Crippen molar-refractivity contribution in [3.8, 4) is 5.75 Å². The summed E-state index contributed by atoms with van der Waals surface area (Å²) in [5.74, 6) is 0.924. The van der Waals surface area contributed by atoms with Crippen LogP contribution in [0.3, 0.4) is 0 Å². The van der Waals surface area contributed by atoms with Crippen molar-refractivity contribution in [1.82, 2.24) is 0 Å². The highest BCUT2D eigenvalue weighted by Crippen LogP contribution is 2.60. The standard InChI is InChI=1S/C9H11Cl2O3PS/c1-3-16-15(12,13-2)14-9-5-4-7(10)6-8(9)11/h4-6H,3H2,1-2H3. The van der Waals surface area contributed by atoms with Crippen molar-refractivity contribution in [3.05, 3.63) is 28.2 Å². The Bertz CT molecular complexity index is 414. The molecule has 0 amide bonds. The molecule has 0 aliphatic carbocycles. The van der Waals surface area contributed by atoms with Gasteiger partial charge in [-0.1, -0.05) is 30.1 Å². The molecule has 1 aromatic rings. The zero-order valence-corrected chi connectivity index (χ0v) is 12.0. The summed E-state index contributed by atoms with van der Waals surface area (Å²) in [4.78, 5) is 0. The maximum absolute atomic E-state index is 12.0. The Kier molecular flexibility index (Phi) is 5.48. The molecule has 0 N–H and O–H groups in total. The highest BCUT2D eigenvalue weighted by atomic mass is 35.5. The first-order chi connectivity index (χ1) is 7.50. The van der Waals surface area contributed by atoms with E-state index < -0.39 is 6.80 Å². The van der Waals surface area contributed by atoms with Gasteiger partial charge < -0.3 is 4.52 Å². The Balaban J connectivity index is 2.90. The van der Waals surface area contributed by atoms with Gasteiger partial charge in [0.2, 0.25) is 0 Å². The molecule has 3 nitrogen and oxygen atoms in total. The summed E-state index contributed by atoms with van der Waals surface area (Å²) < 4.78 is 22.2. The van der Waals surface area contributed by atoms with Gasteiger partial charge in [0.1, 0.15) is 5.75 Å². The van der Waals surface area contributed by atoms with Crippen LogP contribution in [-0.4, -0.2) is 12.9 Å². The van der Waals surface area contributed by atoms with E-state index in [1.807, 2.05) is 6.92 Å². The van der Waals surface area contributed by atoms with Crippen molar-refractivity contribution < 1.29 is 13.6 Å². The lowest BCUT2D eigenvalue weighted by Crippen LogP contribution is -1.93. The van der Waals surface area contributed by atoms with Crippen molar-refractivity contribution in [2.75, 3.05) is 12.9 Å². The lowest BCUT2D eigenvalue weighted by molar-refractivity contribution is 0.342. The van der Waals surface area contributed by atoms with E-state index in [1.165, 1.54) is 13.2 Å². The zero-order chi connectivity index (χ0) is 12.2. The maximum Gasteiger partial charge on any atom is 0.439 e. The smallest absolute Gasteiger partial charge is 0.415 e. The summed E-state index contributed by atoms with van der Waals surface area (Å²) in [6.45, 7) is -1.31. The van der Waals surface area contributed by atoms with Gasteiger partial charge in [0.25, 0.3) is 0 Å². The fraction of sp³-hybridized carbons (Fsp3) is 0.333. The zero-order valence-electron chi connectivity index (χ0n) is 8.78. The molecule has 0 aliphatic heterocycles. The average Bonchev–Trinajstić information content (AvgIpc) is 2.23. The second-order valence-electron chi connectivity index (χ2n) is 2.71. The lowest BCUT2D eigenvalue weighted by Gasteiger charge is -2.16. The molecular weight excluding hydrogens is 290 g/mol. The van der Waals surface area contributed by atoms with Crippen LogP contribution in [-0.2, 0) is 9.09 Å². The molecule has 0 heterocycles. The topological polar surface area (TPSA) is 35.5 Å². The van der Waals surface area contributed by atoms with Crippen LogP contribution in [0.5, 0.6) is 5.75 Å². The molecule has 0 aliphatic rings. The molecule has 16 heavy (non-hydrogen) atoms. The van der Waals surface area contributed by atoms with Crippen LogP contribution in [0, 0.1) is 0 Å². The van der Waals surface area contributed by atoms with Gasteiger partial charge in [0, 0.05) is 17.9 Å². The first-order valence-corrected chi connectivity index (χ1v) is 8.34. The van der Waals surface area contributed by atoms with Gasteiger partial charge >= 0.3 is 6.80 Å². The van der Waals surface area contributed by atoms with E-state index in [-0.39, 0.29) is 0 Å². The van der Waals surface area contributed by atoms with Crippen LogP contribution in [0.15, 0.2) is 18.2 Å². The Morgan fingerprint density at radius 1 is 1.44 bits per heavy atom. The third-order valence-electron chi connectivity index (χ3n) is 1.61. The highest BCUT2D eigenvalue weighted by molar-refractivity contribution is 8.55. The molecule has 0 saturated heterocycles. The van der Waals surface area contributed by atoms with Gasteiger partial charge in [0.15, 0.2) is 0 Å². The summed E-state index contributed by atoms with van der Waals surface area (Å²) in [5, 5.41) is 0.800. The molecule has 7 heteroatoms. The van der Waals surface area contributed by atoms with Crippen molar-refractivity contribution in [3.63, 3.8) is 0 Å². The molecule has 0 saturated carbocycles. The predicted octanol–water partition coefficient (Wildman–Crippen LogP) is 4.88. The van der Waals surface area contributed by atoms with E-state index in [4.69, 9.17) is 32.2 Å². The average molecular weight is 301 g/mol. The molecule has 1 atom stereocenters. The quantitative estimate of drug-likeness (QED) is 0.726. The first-order valence-electron chi connectivity index (χ1n) is 4.45. The Labute approximate surface area is 109 Å². The minimum Gasteiger partial charge on any atom is -0.415 e. The molecule has 1 aromatic carbocycles. The highest BCUT2D eigenvalue weighted by Gasteiger charge is 2.25. The summed E-state index contributed by atoms with van der Waals surface area (Å²) in [7, 11) is 1.34. The molecule has 0 fully saturated rings. The third-order valence-corrected chi connectivity index (χ3v) is 5.98. The van der Waals surface area contributed by atoms with Crippen molar-refractivity contribution in [1.29, 1.82) is 0 Å². The molecule has 1 unspecified atom stereocenters. The van der Waals surface area contributed by atoms with Crippen LogP contribution in [0.4, 0.5) is 0 Å². The van der Waals surface area contributed by atoms with Crippen LogP contribution < -0.4 is 4.52 Å². The fourth-order valence-corrected chi connectivity index (χ4v) is 4.06. The number of rotatable bonds is 5. The monoisotopic (exact) mass is 300 g/mol. The third kappa shape index (κ3) is 3.86. The predicted molar refractivity (Wildman–Crippen MR) is 69.8 cm³/mol. The largest absolute Gasteiger partial charge is 0.439 e. The lowest BCUT2D eigenvalue weighted by atomic mass is 10.3. The van der Waals surface area contributed by atoms with Gasteiger partial charge in [-0.25, -0.2) is 4.57 Å². The van der Waals surface area contributed by atoms with E-state index in [2.05, 4.69) is 0 Å². The summed E-state index contributed by atoms with van der Waals surface area (Å²) >= 11 is 12.7. The summed E-state index contributed by atoms with van der Waals surface area (Å²) in [6.07, 6.45) is 0. The van der Waals surface area contributed by atoms with Crippen molar-refractivity contribution in [2.45, 2.75) is 6.92 Å². The van der Waals surface area contributed by atoms with E-state index in [9.17, 15) is 4.57 Å². The van der Waals surface area contributed by atoms with Crippen LogP contribution in [0.25, 0.3) is 0 Å². The number of halogens is 2. The minimum atomic E-state index is -3.18. The van der Waals surface area contributed by atoms with E-state index in [0.29, 0.717) is 21.5 Å². The number of benzene rings is 1. The van der Waals surface area contributed by atoms with Gasteiger partial charge in [-0.15, -0.1) is 0 Å². The Hall–Kier alpha value is 0.140. The summed E-state index contributed by atoms with van der Waals surface area (Å²) in [5.41, 5.74) is 0. The van der Waals surface area contributed by atoms with Gasteiger partial charge in [0.05, 0.1) is 5.02 Å². The van der Waals surface area contributed by atoms with Gasteiger partial charge in [-0.2, -0.15) is 0 Å². The van der Waals surface area contributed by atoms with E-state index >= 15 is 0 Å². The number of hydrogen-bond donors (Lipinski definition) is 0. The Morgan fingerprint density at radius 2 is 2.12 bits per heavy atom. The van der Waals surface area contributed by atoms with Crippen molar-refractivity contribution >= 4 is 41.4 Å². The molecule has 0 radical (unpaired) electrons. The normalized spacial score (nSPS) is 14.5. The van der Waals surface area contributed by atoms with Gasteiger partial charge in [-0.05, 0) is 29.6 Å². The maximum atomic E-state index is 12.0. The number of hydrogen-bond acceptors (Lipinski definition) is 4. The first kappa shape index (κ1) is 14.2. The fourth-order valence-electron chi connectivity index (χ4n) is 0.944. The summed E-state index contributed by atoms with van der Waals surface area (Å²) in [6, 6.07) is 4.70. The van der Waals surface area contributed by atoms with E-state index in [0.717, 1.165) is 11.4 Å². The van der Waals surface area contributed by atoms with E-state index in [1.54, 1.807) is 12.1 Å². The Morgan fingerprint density at radius 3 is 2.62 bits per heavy atom. The van der Waals surface area contributed by atoms with Crippen LogP contribution in [0.2, 0.25) is 10.0 Å².